The van der Waals surface area contributed by atoms with E-state index in [1.165, 1.54) is 17.3 Å². The maximum absolute atomic E-state index is 12.3. The maximum atomic E-state index is 12.3. The van der Waals surface area contributed by atoms with Gasteiger partial charge < -0.3 is 9.73 Å². The van der Waals surface area contributed by atoms with Gasteiger partial charge in [0, 0.05) is 16.7 Å². The van der Waals surface area contributed by atoms with E-state index in [9.17, 15) is 4.79 Å². The average Bonchev–Trinajstić information content (AvgIpc) is 3.27. The molecule has 0 atom stereocenters. The van der Waals surface area contributed by atoms with Crippen molar-refractivity contribution >= 4 is 57.8 Å². The summed E-state index contributed by atoms with van der Waals surface area (Å²) in [6.07, 6.45) is 1.69. The molecule has 1 aliphatic rings. The van der Waals surface area contributed by atoms with Crippen molar-refractivity contribution in [3.8, 4) is 11.3 Å². The smallest absolute Gasteiger partial charge is 0.264 e. The number of hydrogen-bond donors (Lipinski definition) is 1. The van der Waals surface area contributed by atoms with Crippen molar-refractivity contribution in [2.45, 2.75) is 13.8 Å². The van der Waals surface area contributed by atoms with Crippen LogP contribution in [0.4, 0.5) is 5.69 Å². The molecule has 4 nitrogen and oxygen atoms in total. The Balaban J connectivity index is 1.58. The molecule has 0 unspecified atom stereocenters. The molecular formula is C22H16Cl2N2O2S. The van der Waals surface area contributed by atoms with Crippen molar-refractivity contribution in [2.24, 2.45) is 4.99 Å². The zero-order valence-electron chi connectivity index (χ0n) is 15.6. The van der Waals surface area contributed by atoms with E-state index in [0.29, 0.717) is 37.2 Å². The summed E-state index contributed by atoms with van der Waals surface area (Å²) in [7, 11) is 0. The van der Waals surface area contributed by atoms with Gasteiger partial charge in [-0.05, 0) is 67.6 Å². The number of hydrogen-bond acceptors (Lipinski definition) is 4. The minimum atomic E-state index is -0.211. The molecule has 29 heavy (non-hydrogen) atoms. The summed E-state index contributed by atoms with van der Waals surface area (Å²) in [5.41, 5.74) is 3.75. The molecule has 0 spiro atoms. The highest BCUT2D eigenvalue weighted by Gasteiger charge is 2.24. The Morgan fingerprint density at radius 3 is 2.69 bits per heavy atom. The van der Waals surface area contributed by atoms with Crippen LogP contribution >= 0.6 is 35.0 Å². The first kappa shape index (κ1) is 19.8. The number of amidine groups is 1. The number of carbonyl (C=O) groups excluding carboxylic acids is 1. The first-order chi connectivity index (χ1) is 13.9. The molecule has 1 fully saturated rings. The number of amides is 1. The normalized spacial score (nSPS) is 16.6. The second kappa shape index (κ2) is 8.11. The fourth-order valence-corrected chi connectivity index (χ4v) is 4.11. The molecule has 0 radical (unpaired) electrons. The van der Waals surface area contributed by atoms with E-state index in [4.69, 9.17) is 27.6 Å². The van der Waals surface area contributed by atoms with Crippen molar-refractivity contribution in [3.63, 3.8) is 0 Å². The molecule has 0 saturated carbocycles. The number of rotatable bonds is 3. The van der Waals surface area contributed by atoms with Crippen LogP contribution in [0.2, 0.25) is 10.0 Å². The van der Waals surface area contributed by atoms with Crippen LogP contribution in [0.5, 0.6) is 0 Å². The summed E-state index contributed by atoms with van der Waals surface area (Å²) in [4.78, 5) is 17.4. The van der Waals surface area contributed by atoms with E-state index in [-0.39, 0.29) is 5.91 Å². The second-order valence-corrected chi connectivity index (χ2v) is 8.47. The van der Waals surface area contributed by atoms with Gasteiger partial charge in [-0.25, -0.2) is 4.99 Å². The Bertz CT molecular complexity index is 1180. The van der Waals surface area contributed by atoms with E-state index in [0.717, 1.165) is 11.3 Å². The van der Waals surface area contributed by atoms with Gasteiger partial charge >= 0.3 is 0 Å². The third kappa shape index (κ3) is 4.42. The minimum absolute atomic E-state index is 0.211. The summed E-state index contributed by atoms with van der Waals surface area (Å²) >= 11 is 13.6. The molecule has 0 aliphatic carbocycles. The quantitative estimate of drug-likeness (QED) is 0.455. The van der Waals surface area contributed by atoms with Crippen molar-refractivity contribution in [1.29, 1.82) is 0 Å². The number of benzene rings is 2. The van der Waals surface area contributed by atoms with Gasteiger partial charge in [-0.2, -0.15) is 0 Å². The molecule has 1 saturated heterocycles. The number of thioether (sulfide) groups is 1. The third-order valence-corrected chi connectivity index (χ3v) is 5.79. The molecule has 7 heteroatoms. The van der Waals surface area contributed by atoms with E-state index < -0.39 is 0 Å². The molecular weight excluding hydrogens is 427 g/mol. The zero-order valence-corrected chi connectivity index (χ0v) is 18.0. The van der Waals surface area contributed by atoms with Gasteiger partial charge in [0.15, 0.2) is 5.17 Å². The molecule has 3 aromatic rings. The van der Waals surface area contributed by atoms with Gasteiger partial charge in [0.1, 0.15) is 11.5 Å². The third-order valence-electron chi connectivity index (χ3n) is 4.32. The maximum Gasteiger partial charge on any atom is 0.264 e. The van der Waals surface area contributed by atoms with Crippen LogP contribution in [0, 0.1) is 13.8 Å². The molecule has 146 valence electrons. The van der Waals surface area contributed by atoms with Crippen LogP contribution in [0.3, 0.4) is 0 Å². The van der Waals surface area contributed by atoms with Crippen molar-refractivity contribution in [2.75, 3.05) is 0 Å². The number of nitrogens with zero attached hydrogens (tertiary/aromatic N) is 1. The Kier molecular flexibility index (Phi) is 5.54. The Hall–Kier alpha value is -2.47. The lowest BCUT2D eigenvalue weighted by Gasteiger charge is -2.02. The SMILES string of the molecule is Cc1ccc(N=C2NC(=O)C(=Cc3ccc(-c4cc(Cl)ccc4Cl)o3)S2)c(C)c1. The van der Waals surface area contributed by atoms with Crippen LogP contribution in [0.1, 0.15) is 16.9 Å². The Labute approximate surface area is 182 Å². The summed E-state index contributed by atoms with van der Waals surface area (Å²) < 4.78 is 5.85. The number of halogens is 2. The van der Waals surface area contributed by atoms with Gasteiger partial charge in [0.2, 0.25) is 0 Å². The van der Waals surface area contributed by atoms with Gasteiger partial charge in [0.25, 0.3) is 5.91 Å². The molecule has 2 aromatic carbocycles. The molecule has 1 aromatic heterocycles. The van der Waals surface area contributed by atoms with Crippen LogP contribution in [0.15, 0.2) is 62.8 Å². The van der Waals surface area contributed by atoms with Crippen molar-refractivity contribution in [3.05, 3.63) is 80.4 Å². The number of aliphatic imine (C=N–C) groups is 1. The fourth-order valence-electron chi connectivity index (χ4n) is 2.91. The van der Waals surface area contributed by atoms with Gasteiger partial charge in [-0.15, -0.1) is 0 Å². The van der Waals surface area contributed by atoms with E-state index in [1.54, 1.807) is 36.4 Å². The molecule has 1 N–H and O–H groups in total. The predicted molar refractivity (Wildman–Crippen MR) is 121 cm³/mol. The van der Waals surface area contributed by atoms with E-state index in [1.807, 2.05) is 26.0 Å². The first-order valence-corrected chi connectivity index (χ1v) is 10.4. The fraction of sp³-hybridized carbons (Fsp3) is 0.0909. The predicted octanol–water partition coefficient (Wildman–Crippen LogP) is 6.76. The van der Waals surface area contributed by atoms with Gasteiger partial charge in [-0.1, -0.05) is 40.9 Å². The van der Waals surface area contributed by atoms with E-state index >= 15 is 0 Å². The number of furan rings is 1. The average molecular weight is 443 g/mol. The highest BCUT2D eigenvalue weighted by molar-refractivity contribution is 8.18. The van der Waals surface area contributed by atoms with Crippen molar-refractivity contribution < 1.29 is 9.21 Å². The number of carbonyl (C=O) groups is 1. The van der Waals surface area contributed by atoms with Crippen LogP contribution in [-0.2, 0) is 4.79 Å². The van der Waals surface area contributed by atoms with Crippen LogP contribution < -0.4 is 5.32 Å². The monoisotopic (exact) mass is 442 g/mol. The van der Waals surface area contributed by atoms with Crippen LogP contribution in [0.25, 0.3) is 17.4 Å². The lowest BCUT2D eigenvalue weighted by molar-refractivity contribution is -0.115. The van der Waals surface area contributed by atoms with Gasteiger partial charge in [-0.3, -0.25) is 4.79 Å². The highest BCUT2D eigenvalue weighted by atomic mass is 35.5. The largest absolute Gasteiger partial charge is 0.457 e. The lowest BCUT2D eigenvalue weighted by atomic mass is 10.1. The van der Waals surface area contributed by atoms with Gasteiger partial charge in [0.05, 0.1) is 15.6 Å². The van der Waals surface area contributed by atoms with Crippen LogP contribution in [-0.4, -0.2) is 11.1 Å². The summed E-state index contributed by atoms with van der Waals surface area (Å²) in [5, 5.41) is 4.44. The summed E-state index contributed by atoms with van der Waals surface area (Å²) in [5.74, 6) is 0.913. The standard InChI is InChI=1S/C22H16Cl2N2O2S/c1-12-3-7-18(13(2)9-12)25-22-26-21(27)20(29-22)11-15-5-8-19(28-15)16-10-14(23)4-6-17(16)24/h3-11H,1-2H3,(H,25,26,27). The Morgan fingerprint density at radius 2 is 1.90 bits per heavy atom. The second-order valence-electron chi connectivity index (χ2n) is 6.60. The molecule has 0 bridgehead atoms. The number of nitrogens with one attached hydrogen (secondary N) is 1. The topological polar surface area (TPSA) is 54.6 Å². The summed E-state index contributed by atoms with van der Waals surface area (Å²) in [6, 6.07) is 14.8. The lowest BCUT2D eigenvalue weighted by Crippen LogP contribution is -2.19. The summed E-state index contributed by atoms with van der Waals surface area (Å²) in [6.45, 7) is 4.03. The van der Waals surface area contributed by atoms with Crippen molar-refractivity contribution in [1.82, 2.24) is 5.32 Å². The molecule has 4 rings (SSSR count). The highest BCUT2D eigenvalue weighted by Crippen LogP contribution is 2.34. The van der Waals surface area contributed by atoms with E-state index in [2.05, 4.69) is 16.4 Å². The zero-order chi connectivity index (χ0) is 20.5. The first-order valence-electron chi connectivity index (χ1n) is 8.81. The minimum Gasteiger partial charge on any atom is -0.457 e. The molecule has 1 aliphatic heterocycles. The molecule has 2 heterocycles. The Morgan fingerprint density at radius 1 is 1.07 bits per heavy atom. The number of aryl methyl sites for hydroxylation is 2. The molecule has 1 amide bonds.